The van der Waals surface area contributed by atoms with Gasteiger partial charge >= 0.3 is 0 Å². The Morgan fingerprint density at radius 2 is 1.55 bits per heavy atom. The van der Waals surface area contributed by atoms with Crippen molar-refractivity contribution < 1.29 is 4.79 Å². The Morgan fingerprint density at radius 1 is 0.903 bits per heavy atom. The summed E-state index contributed by atoms with van der Waals surface area (Å²) >= 11 is 5.48. The molecule has 0 aliphatic heterocycles. The number of rotatable bonds is 5. The summed E-state index contributed by atoms with van der Waals surface area (Å²) in [5, 5.41) is 7.02. The molecule has 3 aromatic carbocycles. The molecular weight excluding hydrogens is 400 g/mol. The predicted molar refractivity (Wildman–Crippen MR) is 134 cm³/mol. The minimum atomic E-state index is -0.00369. The van der Waals surface area contributed by atoms with E-state index < -0.39 is 0 Å². The van der Waals surface area contributed by atoms with Crippen molar-refractivity contribution in [3.8, 4) is 0 Å². The smallest absolute Gasteiger partial charge is 0.193 e. The topological polar surface area (TPSA) is 41.1 Å². The van der Waals surface area contributed by atoms with Gasteiger partial charge in [-0.15, -0.1) is 0 Å². The maximum atomic E-state index is 13.0. The minimum Gasteiger partial charge on any atom is -0.356 e. The molecule has 0 aliphatic rings. The fraction of sp³-hybridized carbons (Fsp3) is 0.259. The molecule has 3 aromatic rings. The second-order valence-electron chi connectivity index (χ2n) is 8.97. The fourth-order valence-electron chi connectivity index (χ4n) is 3.33. The third kappa shape index (κ3) is 6.02. The van der Waals surface area contributed by atoms with Gasteiger partial charge < -0.3 is 10.6 Å². The molecule has 160 valence electrons. The summed E-state index contributed by atoms with van der Waals surface area (Å²) in [4.78, 5) is 13.0. The van der Waals surface area contributed by atoms with Crippen LogP contribution in [0.1, 0.15) is 66.3 Å². The third-order valence-electron chi connectivity index (χ3n) is 5.32. The fourth-order valence-corrected chi connectivity index (χ4v) is 3.62. The third-order valence-corrected chi connectivity index (χ3v) is 5.54. The first-order chi connectivity index (χ1) is 14.6. The number of benzene rings is 3. The van der Waals surface area contributed by atoms with E-state index in [0.717, 1.165) is 11.3 Å². The molecular formula is C27H30N2OS. The van der Waals surface area contributed by atoms with E-state index in [1.54, 1.807) is 0 Å². The van der Waals surface area contributed by atoms with Crippen LogP contribution >= 0.6 is 12.2 Å². The molecule has 4 heteroatoms. The quantitative estimate of drug-likeness (QED) is 0.355. The van der Waals surface area contributed by atoms with E-state index in [1.807, 2.05) is 48.5 Å². The lowest BCUT2D eigenvalue weighted by Gasteiger charge is -2.19. The molecule has 31 heavy (non-hydrogen) atoms. The van der Waals surface area contributed by atoms with Crippen molar-refractivity contribution in [2.45, 2.75) is 46.1 Å². The van der Waals surface area contributed by atoms with Crippen molar-refractivity contribution >= 4 is 28.8 Å². The molecule has 0 bridgehead atoms. The van der Waals surface area contributed by atoms with E-state index in [4.69, 9.17) is 12.2 Å². The van der Waals surface area contributed by atoms with Crippen LogP contribution in [0, 0.1) is 6.92 Å². The lowest BCUT2D eigenvalue weighted by molar-refractivity contribution is 0.103. The van der Waals surface area contributed by atoms with Crippen LogP contribution in [0.4, 0.5) is 5.69 Å². The van der Waals surface area contributed by atoms with Gasteiger partial charge in [-0.25, -0.2) is 0 Å². The van der Waals surface area contributed by atoms with Crippen molar-refractivity contribution in [2.24, 2.45) is 0 Å². The molecule has 0 aromatic heterocycles. The number of aryl methyl sites for hydroxylation is 1. The van der Waals surface area contributed by atoms with Gasteiger partial charge in [-0.2, -0.15) is 0 Å². The van der Waals surface area contributed by atoms with Crippen molar-refractivity contribution in [3.63, 3.8) is 0 Å². The maximum Gasteiger partial charge on any atom is 0.193 e. The van der Waals surface area contributed by atoms with Crippen molar-refractivity contribution in [1.29, 1.82) is 0 Å². The van der Waals surface area contributed by atoms with E-state index in [2.05, 4.69) is 69.5 Å². The number of carbonyl (C=O) groups is 1. The Hall–Kier alpha value is -2.98. The zero-order chi connectivity index (χ0) is 22.6. The zero-order valence-electron chi connectivity index (χ0n) is 18.8. The number of hydrogen-bond acceptors (Lipinski definition) is 2. The second-order valence-corrected chi connectivity index (χ2v) is 9.38. The molecule has 0 radical (unpaired) electrons. The van der Waals surface area contributed by atoms with Crippen LogP contribution in [0.5, 0.6) is 0 Å². The molecule has 0 saturated carbocycles. The first kappa shape index (κ1) is 22.7. The number of ketones is 1. The van der Waals surface area contributed by atoms with Crippen molar-refractivity contribution in [3.05, 3.63) is 101 Å². The SMILES string of the molecule is Cc1ccc(C(C)NC(=S)Nc2cccc(C(=O)c3ccc(C(C)(C)C)cc3)c2)cc1. The van der Waals surface area contributed by atoms with E-state index in [1.165, 1.54) is 11.1 Å². The number of hydrogen-bond donors (Lipinski definition) is 2. The van der Waals surface area contributed by atoms with Crippen LogP contribution in [0.15, 0.2) is 72.8 Å². The van der Waals surface area contributed by atoms with E-state index in [0.29, 0.717) is 16.2 Å². The molecule has 0 saturated heterocycles. The molecule has 3 nitrogen and oxygen atoms in total. The van der Waals surface area contributed by atoms with Gasteiger partial charge in [0.05, 0.1) is 6.04 Å². The van der Waals surface area contributed by atoms with Gasteiger partial charge in [0.1, 0.15) is 0 Å². The highest BCUT2D eigenvalue weighted by Crippen LogP contribution is 2.23. The highest BCUT2D eigenvalue weighted by molar-refractivity contribution is 7.80. The van der Waals surface area contributed by atoms with Crippen LogP contribution in [-0.2, 0) is 5.41 Å². The first-order valence-electron chi connectivity index (χ1n) is 10.5. The monoisotopic (exact) mass is 430 g/mol. The normalized spacial score (nSPS) is 12.2. The Balaban J connectivity index is 1.67. The zero-order valence-corrected chi connectivity index (χ0v) is 19.6. The Kier molecular flexibility index (Phi) is 6.91. The van der Waals surface area contributed by atoms with Gasteiger partial charge in [-0.05, 0) is 54.7 Å². The van der Waals surface area contributed by atoms with Crippen LogP contribution in [0.2, 0.25) is 0 Å². The van der Waals surface area contributed by atoms with Crippen LogP contribution in [-0.4, -0.2) is 10.9 Å². The summed E-state index contributed by atoms with van der Waals surface area (Å²) in [6.45, 7) is 10.6. The summed E-state index contributed by atoms with van der Waals surface area (Å²) in [5.41, 5.74) is 5.75. The molecule has 0 spiro atoms. The largest absolute Gasteiger partial charge is 0.356 e. The molecule has 2 N–H and O–H groups in total. The Morgan fingerprint density at radius 3 is 2.16 bits per heavy atom. The predicted octanol–water partition coefficient (Wildman–Crippen LogP) is 6.57. The summed E-state index contributed by atoms with van der Waals surface area (Å²) < 4.78 is 0. The summed E-state index contributed by atoms with van der Waals surface area (Å²) in [5.74, 6) is -0.00369. The molecule has 0 aliphatic carbocycles. The molecule has 1 atom stereocenters. The van der Waals surface area contributed by atoms with Crippen molar-refractivity contribution in [2.75, 3.05) is 5.32 Å². The highest BCUT2D eigenvalue weighted by Gasteiger charge is 2.15. The van der Waals surface area contributed by atoms with E-state index >= 15 is 0 Å². The molecule has 3 rings (SSSR count). The molecule has 0 amide bonds. The number of thiocarbonyl (C=S) groups is 1. The molecule has 0 heterocycles. The van der Waals surface area contributed by atoms with Crippen LogP contribution < -0.4 is 10.6 Å². The maximum absolute atomic E-state index is 13.0. The summed E-state index contributed by atoms with van der Waals surface area (Å²) in [7, 11) is 0. The van der Waals surface area contributed by atoms with Gasteiger partial charge in [0.25, 0.3) is 0 Å². The number of anilines is 1. The summed E-state index contributed by atoms with van der Waals surface area (Å²) in [6, 6.07) is 23.8. The highest BCUT2D eigenvalue weighted by atomic mass is 32.1. The Labute approximate surface area is 190 Å². The number of nitrogens with one attached hydrogen (secondary N) is 2. The number of carbonyl (C=O) groups excluding carboxylic acids is 1. The summed E-state index contributed by atoms with van der Waals surface area (Å²) in [6.07, 6.45) is 0. The minimum absolute atomic E-state index is 0.00369. The van der Waals surface area contributed by atoms with Gasteiger partial charge in [0.15, 0.2) is 10.9 Å². The standard InChI is InChI=1S/C27H30N2OS/c1-18-9-11-20(12-10-18)19(2)28-26(31)29-24-8-6-7-22(17-24)25(30)21-13-15-23(16-14-21)27(3,4)5/h6-17,19H,1-5H3,(H2,28,29,31). The first-order valence-corrected chi connectivity index (χ1v) is 10.9. The van der Waals surface area contributed by atoms with Crippen molar-refractivity contribution in [1.82, 2.24) is 5.32 Å². The second kappa shape index (κ2) is 9.44. The average molecular weight is 431 g/mol. The van der Waals surface area contributed by atoms with E-state index in [9.17, 15) is 4.79 Å². The lowest BCUT2D eigenvalue weighted by atomic mass is 9.86. The van der Waals surface area contributed by atoms with Gasteiger partial charge in [0, 0.05) is 16.8 Å². The van der Waals surface area contributed by atoms with Crippen LogP contribution in [0.3, 0.4) is 0 Å². The Bertz CT molecular complexity index is 1060. The van der Waals surface area contributed by atoms with E-state index in [-0.39, 0.29) is 17.2 Å². The van der Waals surface area contributed by atoms with Gasteiger partial charge in [-0.3, -0.25) is 4.79 Å². The lowest BCUT2D eigenvalue weighted by Crippen LogP contribution is -2.30. The average Bonchev–Trinajstić information content (AvgIpc) is 2.73. The molecule has 1 unspecified atom stereocenters. The molecule has 0 fully saturated rings. The van der Waals surface area contributed by atoms with Crippen LogP contribution in [0.25, 0.3) is 0 Å². The van der Waals surface area contributed by atoms with Gasteiger partial charge in [0.2, 0.25) is 0 Å². The van der Waals surface area contributed by atoms with Gasteiger partial charge in [-0.1, -0.05) is 87.0 Å².